The second kappa shape index (κ2) is 7.60. The van der Waals surface area contributed by atoms with Crippen LogP contribution in [0.3, 0.4) is 0 Å². The highest BCUT2D eigenvalue weighted by Gasteiger charge is 2.39. The molecule has 4 rings (SSSR count). The number of imide groups is 1. The average molecular weight is 392 g/mol. The Balaban J connectivity index is 0.00000210. The minimum Gasteiger partial charge on any atom is -0.312 e. The standard InChI is InChI=1S/C20H25N3O3.ClH/c1-12-8-15(9-13(2)21-12)14-6-7-17-16(10-14)11-22(20(17)26)23-18(24)4-3-5-19(23)25;/h6-7,10,12-13,15,21H,3-5,8-9,11H2,1-2H3;1H. The van der Waals surface area contributed by atoms with Gasteiger partial charge in [-0.1, -0.05) is 12.1 Å². The Morgan fingerprint density at radius 1 is 1.00 bits per heavy atom. The highest BCUT2D eigenvalue weighted by molar-refractivity contribution is 6.04. The molecule has 0 aromatic heterocycles. The van der Waals surface area contributed by atoms with E-state index < -0.39 is 0 Å². The van der Waals surface area contributed by atoms with Crippen LogP contribution < -0.4 is 5.32 Å². The van der Waals surface area contributed by atoms with E-state index in [0.29, 0.717) is 49.4 Å². The maximum atomic E-state index is 12.7. The predicted molar refractivity (Wildman–Crippen MR) is 103 cm³/mol. The van der Waals surface area contributed by atoms with E-state index in [1.807, 2.05) is 12.1 Å². The number of rotatable bonds is 2. The number of hydrogen-bond donors (Lipinski definition) is 1. The van der Waals surface area contributed by atoms with Crippen LogP contribution in [0.5, 0.6) is 0 Å². The van der Waals surface area contributed by atoms with Crippen molar-refractivity contribution >= 4 is 30.1 Å². The van der Waals surface area contributed by atoms with Crippen molar-refractivity contribution in [2.24, 2.45) is 0 Å². The minimum atomic E-state index is -0.274. The summed E-state index contributed by atoms with van der Waals surface area (Å²) < 4.78 is 0. The fourth-order valence-electron chi connectivity index (χ4n) is 4.60. The van der Waals surface area contributed by atoms with Crippen molar-refractivity contribution in [1.82, 2.24) is 15.3 Å². The zero-order valence-corrected chi connectivity index (χ0v) is 16.6. The molecule has 1 aromatic rings. The van der Waals surface area contributed by atoms with Gasteiger partial charge in [0.15, 0.2) is 0 Å². The molecule has 146 valence electrons. The lowest BCUT2D eigenvalue weighted by atomic mass is 9.83. The summed E-state index contributed by atoms with van der Waals surface area (Å²) in [6.45, 7) is 4.71. The second-order valence-corrected chi connectivity index (χ2v) is 7.87. The van der Waals surface area contributed by atoms with Crippen molar-refractivity contribution in [3.63, 3.8) is 0 Å². The van der Waals surface area contributed by atoms with Crippen LogP contribution in [0.15, 0.2) is 18.2 Å². The fourth-order valence-corrected chi connectivity index (χ4v) is 4.60. The van der Waals surface area contributed by atoms with E-state index >= 15 is 0 Å². The van der Waals surface area contributed by atoms with Gasteiger partial charge in [-0.2, -0.15) is 5.01 Å². The number of amides is 3. The number of carbonyl (C=O) groups is 3. The van der Waals surface area contributed by atoms with Gasteiger partial charge in [0.25, 0.3) is 5.91 Å². The highest BCUT2D eigenvalue weighted by atomic mass is 35.5. The number of halogens is 1. The zero-order chi connectivity index (χ0) is 18.4. The topological polar surface area (TPSA) is 69.7 Å². The number of nitrogens with zero attached hydrogens (tertiary/aromatic N) is 2. The molecule has 1 aromatic carbocycles. The van der Waals surface area contributed by atoms with Crippen molar-refractivity contribution in [2.45, 2.75) is 70.5 Å². The minimum absolute atomic E-state index is 0. The zero-order valence-electron chi connectivity index (χ0n) is 15.7. The molecule has 0 aliphatic carbocycles. The molecule has 7 heteroatoms. The van der Waals surface area contributed by atoms with Crippen LogP contribution in [-0.2, 0) is 16.1 Å². The van der Waals surface area contributed by atoms with E-state index in [9.17, 15) is 14.4 Å². The van der Waals surface area contributed by atoms with Crippen molar-refractivity contribution in [3.8, 4) is 0 Å². The maximum absolute atomic E-state index is 12.7. The van der Waals surface area contributed by atoms with Crippen molar-refractivity contribution in [3.05, 3.63) is 34.9 Å². The molecule has 1 N–H and O–H groups in total. The molecular formula is C20H26ClN3O3. The molecule has 2 unspecified atom stereocenters. The molecule has 2 saturated heterocycles. The smallest absolute Gasteiger partial charge is 0.273 e. The Hall–Kier alpha value is -1.92. The number of fused-ring (bicyclic) bond motifs is 1. The molecule has 2 fully saturated rings. The third-order valence-corrected chi connectivity index (χ3v) is 5.73. The van der Waals surface area contributed by atoms with Gasteiger partial charge in [-0.3, -0.25) is 14.4 Å². The molecule has 0 spiro atoms. The fraction of sp³-hybridized carbons (Fsp3) is 0.550. The van der Waals surface area contributed by atoms with Crippen LogP contribution in [0.25, 0.3) is 0 Å². The summed E-state index contributed by atoms with van der Waals surface area (Å²) in [4.78, 5) is 37.1. The van der Waals surface area contributed by atoms with Gasteiger partial charge in [0.1, 0.15) is 0 Å². The molecule has 3 heterocycles. The quantitative estimate of drug-likeness (QED) is 0.787. The van der Waals surface area contributed by atoms with E-state index in [4.69, 9.17) is 0 Å². The van der Waals surface area contributed by atoms with Crippen LogP contribution in [0.1, 0.15) is 73.4 Å². The normalized spacial score (nSPS) is 28.2. The van der Waals surface area contributed by atoms with Gasteiger partial charge in [-0.05, 0) is 56.2 Å². The predicted octanol–water partition coefficient (Wildman–Crippen LogP) is 2.76. The SMILES string of the molecule is CC1CC(c2ccc3c(c2)CN(N2C(=O)CCCC2=O)C3=O)CC(C)N1.Cl. The summed E-state index contributed by atoms with van der Waals surface area (Å²) in [5, 5.41) is 5.95. The Bertz CT molecular complexity index is 756. The number of piperidine rings is 2. The van der Waals surface area contributed by atoms with E-state index in [1.165, 1.54) is 10.6 Å². The van der Waals surface area contributed by atoms with Crippen LogP contribution in [0.2, 0.25) is 0 Å². The third-order valence-electron chi connectivity index (χ3n) is 5.73. The maximum Gasteiger partial charge on any atom is 0.273 e. The van der Waals surface area contributed by atoms with Crippen molar-refractivity contribution in [1.29, 1.82) is 0 Å². The molecule has 3 amide bonds. The lowest BCUT2D eigenvalue weighted by molar-refractivity contribution is -0.163. The van der Waals surface area contributed by atoms with E-state index in [1.54, 1.807) is 0 Å². The first-order valence-electron chi connectivity index (χ1n) is 9.50. The van der Waals surface area contributed by atoms with Crippen LogP contribution in [-0.4, -0.2) is 39.8 Å². The number of nitrogens with one attached hydrogen (secondary N) is 1. The Kier molecular flexibility index (Phi) is 5.58. The molecule has 0 saturated carbocycles. The number of benzene rings is 1. The first-order valence-corrected chi connectivity index (χ1v) is 9.50. The lowest BCUT2D eigenvalue weighted by Crippen LogP contribution is -2.51. The molecule has 0 bridgehead atoms. The molecule has 0 radical (unpaired) electrons. The molecule has 27 heavy (non-hydrogen) atoms. The van der Waals surface area contributed by atoms with Gasteiger partial charge in [-0.15, -0.1) is 12.4 Å². The summed E-state index contributed by atoms with van der Waals surface area (Å²) in [7, 11) is 0. The summed E-state index contributed by atoms with van der Waals surface area (Å²) in [6, 6.07) is 6.94. The first-order chi connectivity index (χ1) is 12.4. The van der Waals surface area contributed by atoms with Gasteiger partial charge in [0, 0.05) is 30.5 Å². The second-order valence-electron chi connectivity index (χ2n) is 7.87. The number of carbonyl (C=O) groups excluding carboxylic acids is 3. The third kappa shape index (κ3) is 3.60. The molecular weight excluding hydrogens is 366 g/mol. The summed E-state index contributed by atoms with van der Waals surface area (Å²) in [5.41, 5.74) is 2.77. The molecule has 2 atom stereocenters. The van der Waals surface area contributed by atoms with E-state index in [2.05, 4.69) is 25.2 Å². The monoisotopic (exact) mass is 391 g/mol. The van der Waals surface area contributed by atoms with Gasteiger partial charge >= 0.3 is 0 Å². The van der Waals surface area contributed by atoms with Gasteiger partial charge < -0.3 is 5.32 Å². The Labute approximate surface area is 165 Å². The van der Waals surface area contributed by atoms with Gasteiger partial charge in [-0.25, -0.2) is 5.01 Å². The summed E-state index contributed by atoms with van der Waals surface area (Å²) in [6.07, 6.45) is 3.36. The van der Waals surface area contributed by atoms with Gasteiger partial charge in [0.05, 0.1) is 6.54 Å². The lowest BCUT2D eigenvalue weighted by Gasteiger charge is -2.33. The van der Waals surface area contributed by atoms with Crippen LogP contribution in [0, 0.1) is 0 Å². The summed E-state index contributed by atoms with van der Waals surface area (Å²) >= 11 is 0. The van der Waals surface area contributed by atoms with Crippen molar-refractivity contribution in [2.75, 3.05) is 0 Å². The van der Waals surface area contributed by atoms with E-state index in [-0.39, 0.29) is 30.1 Å². The number of hydrazine groups is 1. The average Bonchev–Trinajstić information content (AvgIpc) is 2.90. The molecule has 3 aliphatic heterocycles. The Morgan fingerprint density at radius 2 is 1.63 bits per heavy atom. The van der Waals surface area contributed by atoms with Crippen LogP contribution in [0.4, 0.5) is 0 Å². The summed E-state index contributed by atoms with van der Waals surface area (Å²) in [5.74, 6) is -0.330. The van der Waals surface area contributed by atoms with Crippen molar-refractivity contribution < 1.29 is 14.4 Å². The largest absolute Gasteiger partial charge is 0.312 e. The molecule has 6 nitrogen and oxygen atoms in total. The number of hydrogen-bond acceptors (Lipinski definition) is 4. The first kappa shape index (κ1) is 19.8. The molecule has 3 aliphatic rings. The highest BCUT2D eigenvalue weighted by Crippen LogP contribution is 2.34. The Morgan fingerprint density at radius 3 is 2.26 bits per heavy atom. The van der Waals surface area contributed by atoms with Crippen LogP contribution >= 0.6 is 12.4 Å². The van der Waals surface area contributed by atoms with E-state index in [0.717, 1.165) is 23.4 Å². The van der Waals surface area contributed by atoms with Gasteiger partial charge in [0.2, 0.25) is 11.8 Å².